The molecule has 24 heavy (non-hydrogen) atoms. The SMILES string of the molecule is C=C(CC(C(=O)OC)S(=O)(=O)c1ccc(C)cc1)c1ccccc1. The Hall–Kier alpha value is -2.40. The predicted molar refractivity (Wildman–Crippen MR) is 94.3 cm³/mol. The second kappa shape index (κ2) is 7.45. The zero-order valence-corrected chi connectivity index (χ0v) is 14.5. The third kappa shape index (κ3) is 3.92. The van der Waals surface area contributed by atoms with Crippen LogP contribution >= 0.6 is 0 Å². The minimum absolute atomic E-state index is 0.0209. The smallest absolute Gasteiger partial charge is 0.324 e. The van der Waals surface area contributed by atoms with Crippen LogP contribution in [0.2, 0.25) is 0 Å². The summed E-state index contributed by atoms with van der Waals surface area (Å²) in [6.07, 6.45) is -0.0209. The Morgan fingerprint density at radius 1 is 1.08 bits per heavy atom. The minimum atomic E-state index is -3.87. The zero-order chi connectivity index (χ0) is 17.7. The number of hydrogen-bond acceptors (Lipinski definition) is 4. The Kier molecular flexibility index (Phi) is 5.57. The first kappa shape index (κ1) is 17.9. The fourth-order valence-corrected chi connectivity index (χ4v) is 3.97. The topological polar surface area (TPSA) is 60.4 Å². The molecule has 0 radical (unpaired) electrons. The van der Waals surface area contributed by atoms with Crippen molar-refractivity contribution in [3.8, 4) is 0 Å². The summed E-state index contributed by atoms with van der Waals surface area (Å²) < 4.78 is 30.5. The first-order chi connectivity index (χ1) is 11.4. The molecule has 0 saturated carbocycles. The second-order valence-electron chi connectivity index (χ2n) is 5.54. The van der Waals surface area contributed by atoms with Crippen molar-refractivity contribution in [1.29, 1.82) is 0 Å². The quantitative estimate of drug-likeness (QED) is 0.754. The predicted octanol–water partition coefficient (Wildman–Crippen LogP) is 3.41. The highest BCUT2D eigenvalue weighted by Gasteiger charge is 2.35. The Balaban J connectivity index is 2.36. The van der Waals surface area contributed by atoms with Gasteiger partial charge in [-0.3, -0.25) is 4.79 Å². The summed E-state index contributed by atoms with van der Waals surface area (Å²) in [5.74, 6) is -0.785. The van der Waals surface area contributed by atoms with Gasteiger partial charge in [0.15, 0.2) is 15.1 Å². The first-order valence-electron chi connectivity index (χ1n) is 7.48. The minimum Gasteiger partial charge on any atom is -0.468 e. The summed E-state index contributed by atoms with van der Waals surface area (Å²) in [6.45, 7) is 5.80. The lowest BCUT2D eigenvalue weighted by atomic mass is 10.0. The zero-order valence-electron chi connectivity index (χ0n) is 13.7. The Bertz CT molecular complexity index is 821. The second-order valence-corrected chi connectivity index (χ2v) is 7.67. The van der Waals surface area contributed by atoms with E-state index in [0.29, 0.717) is 5.57 Å². The van der Waals surface area contributed by atoms with Crippen LogP contribution < -0.4 is 0 Å². The molecule has 5 heteroatoms. The molecule has 0 bridgehead atoms. The molecule has 0 aromatic heterocycles. The fourth-order valence-electron chi connectivity index (χ4n) is 2.36. The summed E-state index contributed by atoms with van der Waals surface area (Å²) >= 11 is 0. The number of hydrogen-bond donors (Lipinski definition) is 0. The van der Waals surface area contributed by atoms with Crippen LogP contribution in [-0.2, 0) is 19.4 Å². The van der Waals surface area contributed by atoms with Gasteiger partial charge in [-0.05, 0) is 30.2 Å². The number of carbonyl (C=O) groups excluding carboxylic acids is 1. The molecule has 0 spiro atoms. The van der Waals surface area contributed by atoms with E-state index in [1.165, 1.54) is 19.2 Å². The highest BCUT2D eigenvalue weighted by molar-refractivity contribution is 7.92. The molecule has 0 aliphatic carbocycles. The van der Waals surface area contributed by atoms with E-state index >= 15 is 0 Å². The van der Waals surface area contributed by atoms with Gasteiger partial charge in [-0.15, -0.1) is 0 Å². The number of sulfone groups is 1. The molecule has 0 N–H and O–H groups in total. The van der Waals surface area contributed by atoms with Crippen molar-refractivity contribution < 1.29 is 17.9 Å². The summed E-state index contributed by atoms with van der Waals surface area (Å²) in [5, 5.41) is -1.32. The molecule has 4 nitrogen and oxygen atoms in total. The molecule has 126 valence electrons. The van der Waals surface area contributed by atoms with Crippen LogP contribution in [0.1, 0.15) is 17.5 Å². The maximum atomic E-state index is 12.9. The normalized spacial score (nSPS) is 12.4. The van der Waals surface area contributed by atoms with E-state index in [1.807, 2.05) is 37.3 Å². The maximum Gasteiger partial charge on any atom is 0.324 e. The Labute approximate surface area is 142 Å². The molecule has 1 atom stereocenters. The van der Waals surface area contributed by atoms with Crippen LogP contribution in [0.25, 0.3) is 5.57 Å². The number of aryl methyl sites for hydroxylation is 1. The number of carbonyl (C=O) groups is 1. The van der Waals surface area contributed by atoms with E-state index in [4.69, 9.17) is 4.74 Å². The van der Waals surface area contributed by atoms with Crippen LogP contribution in [0.4, 0.5) is 0 Å². The van der Waals surface area contributed by atoms with Crippen molar-refractivity contribution >= 4 is 21.4 Å². The van der Waals surface area contributed by atoms with Gasteiger partial charge in [0.1, 0.15) is 0 Å². The van der Waals surface area contributed by atoms with Crippen LogP contribution in [0.5, 0.6) is 0 Å². The van der Waals surface area contributed by atoms with Crippen LogP contribution in [0, 0.1) is 6.92 Å². The Morgan fingerprint density at radius 2 is 1.67 bits per heavy atom. The van der Waals surface area contributed by atoms with Gasteiger partial charge < -0.3 is 4.74 Å². The number of allylic oxidation sites excluding steroid dienone is 1. The van der Waals surface area contributed by atoms with Crippen molar-refractivity contribution in [1.82, 2.24) is 0 Å². The van der Waals surface area contributed by atoms with Crippen molar-refractivity contribution in [3.63, 3.8) is 0 Å². The average molecular weight is 344 g/mol. The molecule has 2 aromatic carbocycles. The van der Waals surface area contributed by atoms with Gasteiger partial charge in [-0.1, -0.05) is 54.6 Å². The molecule has 2 aromatic rings. The molecule has 0 aliphatic heterocycles. The van der Waals surface area contributed by atoms with E-state index in [-0.39, 0.29) is 11.3 Å². The summed E-state index contributed by atoms with van der Waals surface area (Å²) in [5.41, 5.74) is 2.31. The van der Waals surface area contributed by atoms with E-state index in [1.54, 1.807) is 12.1 Å². The third-order valence-electron chi connectivity index (χ3n) is 3.80. The van der Waals surface area contributed by atoms with E-state index < -0.39 is 21.1 Å². The lowest BCUT2D eigenvalue weighted by molar-refractivity contribution is -0.140. The molecule has 0 saturated heterocycles. The highest BCUT2D eigenvalue weighted by Crippen LogP contribution is 2.26. The van der Waals surface area contributed by atoms with Gasteiger partial charge in [0, 0.05) is 6.42 Å². The summed E-state index contributed by atoms with van der Waals surface area (Å²) in [4.78, 5) is 12.2. The van der Waals surface area contributed by atoms with Gasteiger partial charge in [0.05, 0.1) is 12.0 Å². The monoisotopic (exact) mass is 344 g/mol. The molecule has 2 rings (SSSR count). The number of methoxy groups -OCH3 is 1. The van der Waals surface area contributed by atoms with Crippen molar-refractivity contribution in [2.75, 3.05) is 7.11 Å². The van der Waals surface area contributed by atoms with E-state index in [2.05, 4.69) is 6.58 Å². The van der Waals surface area contributed by atoms with Crippen molar-refractivity contribution in [2.24, 2.45) is 0 Å². The van der Waals surface area contributed by atoms with Gasteiger partial charge in [-0.2, -0.15) is 0 Å². The largest absolute Gasteiger partial charge is 0.468 e. The van der Waals surface area contributed by atoms with E-state index in [0.717, 1.165) is 11.1 Å². The number of benzene rings is 2. The lowest BCUT2D eigenvalue weighted by Gasteiger charge is -2.17. The molecule has 0 heterocycles. The molecule has 0 fully saturated rings. The van der Waals surface area contributed by atoms with Gasteiger partial charge in [0.25, 0.3) is 0 Å². The van der Waals surface area contributed by atoms with Crippen LogP contribution in [-0.4, -0.2) is 26.7 Å². The summed E-state index contributed by atoms with van der Waals surface area (Å²) in [6, 6.07) is 15.6. The number of esters is 1. The van der Waals surface area contributed by atoms with Crippen molar-refractivity contribution in [2.45, 2.75) is 23.5 Å². The Morgan fingerprint density at radius 3 is 2.21 bits per heavy atom. The van der Waals surface area contributed by atoms with Crippen LogP contribution in [0.3, 0.4) is 0 Å². The van der Waals surface area contributed by atoms with Gasteiger partial charge >= 0.3 is 5.97 Å². The molecule has 1 unspecified atom stereocenters. The lowest BCUT2D eigenvalue weighted by Crippen LogP contribution is -2.31. The van der Waals surface area contributed by atoms with Gasteiger partial charge in [0.2, 0.25) is 0 Å². The molecule has 0 amide bonds. The van der Waals surface area contributed by atoms with Crippen LogP contribution in [0.15, 0.2) is 66.1 Å². The molecular formula is C19H20O4S. The van der Waals surface area contributed by atoms with Gasteiger partial charge in [-0.25, -0.2) is 8.42 Å². The fraction of sp³-hybridized carbons (Fsp3) is 0.211. The third-order valence-corrected chi connectivity index (χ3v) is 5.84. The first-order valence-corrected chi connectivity index (χ1v) is 9.02. The average Bonchev–Trinajstić information content (AvgIpc) is 2.59. The van der Waals surface area contributed by atoms with E-state index in [9.17, 15) is 13.2 Å². The number of rotatable bonds is 6. The molecular weight excluding hydrogens is 324 g/mol. The highest BCUT2D eigenvalue weighted by atomic mass is 32.2. The number of ether oxygens (including phenoxy) is 1. The van der Waals surface area contributed by atoms with Crippen molar-refractivity contribution in [3.05, 3.63) is 72.3 Å². The maximum absolute atomic E-state index is 12.9. The summed E-state index contributed by atoms with van der Waals surface area (Å²) in [7, 11) is -2.68. The molecule has 0 aliphatic rings. The standard InChI is InChI=1S/C19H20O4S/c1-14-9-11-17(12-10-14)24(21,22)18(19(20)23-3)13-15(2)16-7-5-4-6-8-16/h4-12,18H,2,13H2,1,3H3.